The highest BCUT2D eigenvalue weighted by molar-refractivity contribution is 9.09. The van der Waals surface area contributed by atoms with Crippen LogP contribution in [-0.4, -0.2) is 40.6 Å². The van der Waals surface area contributed by atoms with E-state index in [1.54, 1.807) is 0 Å². The lowest BCUT2D eigenvalue weighted by molar-refractivity contribution is -0.0148. The van der Waals surface area contributed by atoms with Crippen LogP contribution < -0.4 is 0 Å². The van der Waals surface area contributed by atoms with Gasteiger partial charge < -0.3 is 10.0 Å². The minimum Gasteiger partial charge on any atom is -0.390 e. The summed E-state index contributed by atoms with van der Waals surface area (Å²) in [5, 5.41) is 11.0. The van der Waals surface area contributed by atoms with Crippen molar-refractivity contribution in [2.45, 2.75) is 52.1 Å². The first-order valence-electron chi connectivity index (χ1n) is 6.48. The van der Waals surface area contributed by atoms with Crippen LogP contribution in [0.5, 0.6) is 0 Å². The average Bonchev–Trinajstić information content (AvgIpc) is 2.29. The van der Waals surface area contributed by atoms with Gasteiger partial charge in [0.25, 0.3) is 0 Å². The van der Waals surface area contributed by atoms with Crippen LogP contribution in [-0.2, 0) is 0 Å². The fourth-order valence-corrected chi connectivity index (χ4v) is 3.34. The minimum absolute atomic E-state index is 0.420. The maximum Gasteiger partial charge on any atom is 0.0644 e. The lowest BCUT2D eigenvalue weighted by atomic mass is 9.83. The quantitative estimate of drug-likeness (QED) is 0.787. The molecule has 0 radical (unpaired) electrons. The second-order valence-corrected chi connectivity index (χ2v) is 6.17. The summed E-state index contributed by atoms with van der Waals surface area (Å²) in [6, 6.07) is 0. The van der Waals surface area contributed by atoms with Gasteiger partial charge in [-0.3, -0.25) is 0 Å². The molecule has 1 heterocycles. The summed E-state index contributed by atoms with van der Waals surface area (Å²) in [6.45, 7) is 9.78. The topological polar surface area (TPSA) is 23.5 Å². The van der Waals surface area contributed by atoms with Crippen LogP contribution in [0.2, 0.25) is 0 Å². The van der Waals surface area contributed by atoms with Gasteiger partial charge in [-0.25, -0.2) is 0 Å². The third-order valence-corrected chi connectivity index (χ3v) is 5.47. The van der Waals surface area contributed by atoms with Gasteiger partial charge >= 0.3 is 0 Å². The van der Waals surface area contributed by atoms with Crippen LogP contribution in [0, 0.1) is 5.41 Å². The zero-order valence-electron chi connectivity index (χ0n) is 10.9. The van der Waals surface area contributed by atoms with Gasteiger partial charge in [0.1, 0.15) is 0 Å². The van der Waals surface area contributed by atoms with Crippen molar-refractivity contribution >= 4 is 15.9 Å². The van der Waals surface area contributed by atoms with Crippen LogP contribution >= 0.6 is 15.9 Å². The van der Waals surface area contributed by atoms with E-state index in [4.69, 9.17) is 0 Å². The van der Waals surface area contributed by atoms with E-state index in [9.17, 15) is 5.11 Å². The van der Waals surface area contributed by atoms with Crippen LogP contribution in [0.25, 0.3) is 0 Å². The molecule has 2 nitrogen and oxygen atoms in total. The second-order valence-electron chi connectivity index (χ2n) is 5.61. The van der Waals surface area contributed by atoms with E-state index in [2.05, 4.69) is 34.7 Å². The van der Waals surface area contributed by atoms with Crippen molar-refractivity contribution in [3.8, 4) is 0 Å². The van der Waals surface area contributed by atoms with E-state index < -0.39 is 5.60 Å². The number of alkyl halides is 1. The van der Waals surface area contributed by atoms with Crippen LogP contribution in [0.4, 0.5) is 0 Å². The van der Waals surface area contributed by atoms with Crippen molar-refractivity contribution in [3.63, 3.8) is 0 Å². The molecular formula is C13H26BrNO. The number of piperidine rings is 1. The Kier molecular flexibility index (Phi) is 5.27. The second kappa shape index (κ2) is 5.83. The summed E-state index contributed by atoms with van der Waals surface area (Å²) in [6.07, 6.45) is 4.28. The van der Waals surface area contributed by atoms with Gasteiger partial charge in [-0.05, 0) is 38.0 Å². The molecule has 0 amide bonds. The predicted octanol–water partition coefficient (Wildman–Crippen LogP) is 3.03. The normalized spacial score (nSPS) is 22.3. The molecule has 1 fully saturated rings. The number of hydrogen-bond donors (Lipinski definition) is 1. The number of nitrogens with zero attached hydrogens (tertiary/aromatic N) is 1. The zero-order chi connectivity index (χ0) is 12.2. The van der Waals surface area contributed by atoms with Gasteiger partial charge in [-0.15, -0.1) is 0 Å². The van der Waals surface area contributed by atoms with Gasteiger partial charge in [0.15, 0.2) is 0 Å². The molecule has 0 aromatic carbocycles. The lowest BCUT2D eigenvalue weighted by Gasteiger charge is -2.41. The number of likely N-dealkylation sites (tertiary alicyclic amines) is 1. The number of hydrogen-bond acceptors (Lipinski definition) is 2. The molecule has 0 bridgehead atoms. The first-order valence-corrected chi connectivity index (χ1v) is 7.60. The van der Waals surface area contributed by atoms with E-state index in [1.807, 2.05) is 6.92 Å². The van der Waals surface area contributed by atoms with E-state index in [-0.39, 0.29) is 0 Å². The molecule has 3 heteroatoms. The van der Waals surface area contributed by atoms with E-state index in [0.717, 1.165) is 31.3 Å². The molecule has 0 unspecified atom stereocenters. The molecule has 0 aromatic rings. The van der Waals surface area contributed by atoms with Crippen molar-refractivity contribution in [2.24, 2.45) is 5.41 Å². The fourth-order valence-electron chi connectivity index (χ4n) is 2.37. The average molecular weight is 292 g/mol. The summed E-state index contributed by atoms with van der Waals surface area (Å²) < 4.78 is 0. The molecule has 0 saturated carbocycles. The first kappa shape index (κ1) is 14.5. The summed E-state index contributed by atoms with van der Waals surface area (Å²) >= 11 is 3.67. The molecule has 1 aliphatic heterocycles. The smallest absolute Gasteiger partial charge is 0.0644 e. The highest BCUT2D eigenvalue weighted by atomic mass is 79.9. The molecule has 96 valence electrons. The molecule has 1 aliphatic rings. The van der Waals surface area contributed by atoms with Crippen molar-refractivity contribution in [1.29, 1.82) is 0 Å². The molecule has 0 atom stereocenters. The maximum atomic E-state index is 9.93. The Balaban J connectivity index is 2.48. The SMILES string of the molecule is CCC(CC)(CBr)CN1CCC(C)(O)CC1. The summed E-state index contributed by atoms with van der Waals surface area (Å²) in [5.41, 5.74) is -0.00477. The third-order valence-electron chi connectivity index (χ3n) is 4.28. The number of halogens is 1. The Bertz CT molecular complexity index is 196. The number of aliphatic hydroxyl groups is 1. The summed E-state index contributed by atoms with van der Waals surface area (Å²) in [7, 11) is 0. The van der Waals surface area contributed by atoms with Crippen LogP contribution in [0.1, 0.15) is 46.5 Å². The van der Waals surface area contributed by atoms with Crippen molar-refractivity contribution in [3.05, 3.63) is 0 Å². The van der Waals surface area contributed by atoms with Crippen molar-refractivity contribution in [1.82, 2.24) is 4.90 Å². The predicted molar refractivity (Wildman–Crippen MR) is 73.1 cm³/mol. The zero-order valence-corrected chi connectivity index (χ0v) is 12.5. The summed E-state index contributed by atoms with van der Waals surface area (Å²) in [4.78, 5) is 2.52. The Morgan fingerprint density at radius 2 is 1.75 bits per heavy atom. The highest BCUT2D eigenvalue weighted by Crippen LogP contribution is 2.32. The molecule has 0 aliphatic carbocycles. The first-order chi connectivity index (χ1) is 7.47. The molecule has 1 N–H and O–H groups in total. The summed E-state index contributed by atoms with van der Waals surface area (Å²) in [5.74, 6) is 0. The molecule has 16 heavy (non-hydrogen) atoms. The van der Waals surface area contributed by atoms with Crippen molar-refractivity contribution in [2.75, 3.05) is 25.0 Å². The maximum absolute atomic E-state index is 9.93. The monoisotopic (exact) mass is 291 g/mol. The van der Waals surface area contributed by atoms with Crippen LogP contribution in [0.15, 0.2) is 0 Å². The van der Waals surface area contributed by atoms with E-state index in [0.29, 0.717) is 5.41 Å². The van der Waals surface area contributed by atoms with Gasteiger partial charge in [-0.2, -0.15) is 0 Å². The molecular weight excluding hydrogens is 266 g/mol. The fraction of sp³-hybridized carbons (Fsp3) is 1.00. The van der Waals surface area contributed by atoms with Crippen LogP contribution in [0.3, 0.4) is 0 Å². The van der Waals surface area contributed by atoms with Gasteiger partial charge in [-0.1, -0.05) is 29.8 Å². The largest absolute Gasteiger partial charge is 0.390 e. The van der Waals surface area contributed by atoms with Gasteiger partial charge in [0.2, 0.25) is 0 Å². The minimum atomic E-state index is -0.425. The highest BCUT2D eigenvalue weighted by Gasteiger charge is 2.32. The van der Waals surface area contributed by atoms with Gasteiger partial charge in [0.05, 0.1) is 5.60 Å². The van der Waals surface area contributed by atoms with Gasteiger partial charge in [0, 0.05) is 25.0 Å². The lowest BCUT2D eigenvalue weighted by Crippen LogP contribution is -2.47. The van der Waals surface area contributed by atoms with E-state index >= 15 is 0 Å². The molecule has 0 spiro atoms. The Labute approximate surface area is 109 Å². The van der Waals surface area contributed by atoms with Crippen molar-refractivity contribution < 1.29 is 5.11 Å². The Hall–Kier alpha value is 0.400. The third kappa shape index (κ3) is 3.71. The van der Waals surface area contributed by atoms with E-state index in [1.165, 1.54) is 19.4 Å². The molecule has 1 saturated heterocycles. The number of rotatable bonds is 5. The molecule has 0 aromatic heterocycles. The Morgan fingerprint density at radius 1 is 1.25 bits per heavy atom. The Morgan fingerprint density at radius 3 is 2.12 bits per heavy atom. The standard InChI is InChI=1S/C13H26BrNO/c1-4-13(5-2,10-14)11-15-8-6-12(3,16)7-9-15/h16H,4-11H2,1-3H3. The molecule has 1 rings (SSSR count).